The second-order valence-electron chi connectivity index (χ2n) is 7.02. The van der Waals surface area contributed by atoms with E-state index < -0.39 is 0 Å². The van der Waals surface area contributed by atoms with E-state index in [4.69, 9.17) is 14.2 Å². The number of hydrogen-bond donors (Lipinski definition) is 1. The standard InChI is InChI=1S/C23H25N3O4/c27-23(9-7-18-6-8-21-22(16-18)29-14-3-13-28-21)25-19-4-1-2-5-20(19)30-15-12-26-11-10-24-17-26/h1-2,4-6,8,10-11,16-17H,3,7,9,12-15H2,(H,25,27). The van der Waals surface area contributed by atoms with E-state index in [0.717, 1.165) is 23.5 Å². The molecule has 1 aliphatic rings. The Morgan fingerprint density at radius 3 is 2.87 bits per heavy atom. The van der Waals surface area contributed by atoms with Gasteiger partial charge in [-0.3, -0.25) is 4.79 Å². The summed E-state index contributed by atoms with van der Waals surface area (Å²) in [5.41, 5.74) is 1.71. The number of benzene rings is 2. The SMILES string of the molecule is O=C(CCc1ccc2c(c1)OCCCO2)Nc1ccccc1OCCn1ccnc1. The number of para-hydroxylation sites is 2. The molecular formula is C23H25N3O4. The van der Waals surface area contributed by atoms with E-state index in [-0.39, 0.29) is 5.91 Å². The molecule has 1 amide bonds. The Morgan fingerprint density at radius 1 is 1.13 bits per heavy atom. The van der Waals surface area contributed by atoms with Crippen LogP contribution in [0, 0.1) is 0 Å². The number of aryl methyl sites for hydroxylation is 1. The number of nitrogens with zero attached hydrogens (tertiary/aromatic N) is 2. The molecule has 0 bridgehead atoms. The molecule has 30 heavy (non-hydrogen) atoms. The van der Waals surface area contributed by atoms with Crippen molar-refractivity contribution in [3.63, 3.8) is 0 Å². The molecule has 4 rings (SSSR count). The van der Waals surface area contributed by atoms with Crippen molar-refractivity contribution < 1.29 is 19.0 Å². The van der Waals surface area contributed by atoms with E-state index >= 15 is 0 Å². The van der Waals surface area contributed by atoms with Gasteiger partial charge in [0.2, 0.25) is 5.91 Å². The fourth-order valence-corrected chi connectivity index (χ4v) is 3.21. The third kappa shape index (κ3) is 5.31. The zero-order chi connectivity index (χ0) is 20.6. The molecule has 0 saturated carbocycles. The normalized spacial score (nSPS) is 12.8. The van der Waals surface area contributed by atoms with Crippen molar-refractivity contribution in [3.8, 4) is 17.2 Å². The number of carbonyl (C=O) groups excluding carboxylic acids is 1. The smallest absolute Gasteiger partial charge is 0.224 e. The highest BCUT2D eigenvalue weighted by Crippen LogP contribution is 2.31. The van der Waals surface area contributed by atoms with Gasteiger partial charge < -0.3 is 24.1 Å². The molecule has 0 saturated heterocycles. The van der Waals surface area contributed by atoms with Crippen LogP contribution in [0.4, 0.5) is 5.69 Å². The van der Waals surface area contributed by atoms with Gasteiger partial charge in [-0.1, -0.05) is 18.2 Å². The van der Waals surface area contributed by atoms with Crippen molar-refractivity contribution in [2.24, 2.45) is 0 Å². The van der Waals surface area contributed by atoms with Gasteiger partial charge in [0.25, 0.3) is 0 Å². The number of amides is 1. The van der Waals surface area contributed by atoms with Crippen LogP contribution in [0.2, 0.25) is 0 Å². The number of fused-ring (bicyclic) bond motifs is 1. The first-order chi connectivity index (χ1) is 14.8. The molecule has 0 atom stereocenters. The molecule has 0 fully saturated rings. The molecule has 2 heterocycles. The molecule has 0 spiro atoms. The molecule has 0 unspecified atom stereocenters. The summed E-state index contributed by atoms with van der Waals surface area (Å²) in [5, 5.41) is 2.96. The summed E-state index contributed by atoms with van der Waals surface area (Å²) in [5.74, 6) is 2.11. The number of rotatable bonds is 8. The second kappa shape index (κ2) is 9.82. The van der Waals surface area contributed by atoms with E-state index in [2.05, 4.69) is 10.3 Å². The summed E-state index contributed by atoms with van der Waals surface area (Å²) in [6.45, 7) is 2.49. The fraction of sp³-hybridized carbons (Fsp3) is 0.304. The van der Waals surface area contributed by atoms with Crippen LogP contribution in [0.1, 0.15) is 18.4 Å². The first-order valence-electron chi connectivity index (χ1n) is 10.1. The minimum Gasteiger partial charge on any atom is -0.490 e. The highest BCUT2D eigenvalue weighted by molar-refractivity contribution is 5.92. The van der Waals surface area contributed by atoms with Crippen molar-refractivity contribution in [3.05, 3.63) is 66.7 Å². The lowest BCUT2D eigenvalue weighted by Crippen LogP contribution is -2.14. The Balaban J connectivity index is 1.30. The molecule has 0 radical (unpaired) electrons. The fourth-order valence-electron chi connectivity index (χ4n) is 3.21. The van der Waals surface area contributed by atoms with Crippen LogP contribution < -0.4 is 19.5 Å². The topological polar surface area (TPSA) is 74.6 Å². The van der Waals surface area contributed by atoms with Crippen LogP contribution in [0.25, 0.3) is 0 Å². The van der Waals surface area contributed by atoms with Gasteiger partial charge in [-0.05, 0) is 36.2 Å². The maximum atomic E-state index is 12.5. The number of hydrogen-bond acceptors (Lipinski definition) is 5. The highest BCUT2D eigenvalue weighted by atomic mass is 16.5. The molecular weight excluding hydrogens is 382 g/mol. The van der Waals surface area contributed by atoms with E-state index in [1.165, 1.54) is 0 Å². The highest BCUT2D eigenvalue weighted by Gasteiger charge is 2.12. The molecule has 7 heteroatoms. The average molecular weight is 407 g/mol. The predicted molar refractivity (Wildman–Crippen MR) is 113 cm³/mol. The molecule has 1 aliphatic heterocycles. The lowest BCUT2D eigenvalue weighted by Gasteiger charge is -2.13. The van der Waals surface area contributed by atoms with Crippen molar-refractivity contribution in [1.82, 2.24) is 9.55 Å². The number of aromatic nitrogens is 2. The molecule has 1 aromatic heterocycles. The third-order valence-corrected chi connectivity index (χ3v) is 4.78. The van der Waals surface area contributed by atoms with Gasteiger partial charge in [-0.2, -0.15) is 0 Å². The summed E-state index contributed by atoms with van der Waals surface area (Å²) in [4.78, 5) is 16.5. The first kappa shape index (κ1) is 19.8. The number of ether oxygens (including phenoxy) is 3. The van der Waals surface area contributed by atoms with Crippen molar-refractivity contribution in [1.29, 1.82) is 0 Å². The molecule has 2 aromatic carbocycles. The third-order valence-electron chi connectivity index (χ3n) is 4.78. The van der Waals surface area contributed by atoms with Gasteiger partial charge in [-0.25, -0.2) is 4.98 Å². The van der Waals surface area contributed by atoms with Gasteiger partial charge in [0.05, 0.1) is 31.8 Å². The minimum atomic E-state index is -0.0622. The zero-order valence-corrected chi connectivity index (χ0v) is 16.8. The van der Waals surface area contributed by atoms with Crippen LogP contribution in [-0.2, 0) is 17.8 Å². The van der Waals surface area contributed by atoms with E-state index in [9.17, 15) is 4.79 Å². The van der Waals surface area contributed by atoms with Gasteiger partial charge in [-0.15, -0.1) is 0 Å². The van der Waals surface area contributed by atoms with Gasteiger partial charge in [0.15, 0.2) is 11.5 Å². The first-order valence-corrected chi connectivity index (χ1v) is 10.1. The van der Waals surface area contributed by atoms with Crippen molar-refractivity contribution >= 4 is 11.6 Å². The Bertz CT molecular complexity index is 972. The summed E-state index contributed by atoms with van der Waals surface area (Å²) < 4.78 is 19.2. The minimum absolute atomic E-state index is 0.0622. The number of imidazole rings is 1. The zero-order valence-electron chi connectivity index (χ0n) is 16.8. The molecule has 3 aromatic rings. The molecule has 1 N–H and O–H groups in total. The van der Waals surface area contributed by atoms with E-state index in [0.29, 0.717) is 50.6 Å². The van der Waals surface area contributed by atoms with Crippen LogP contribution in [0.15, 0.2) is 61.2 Å². The van der Waals surface area contributed by atoms with Crippen molar-refractivity contribution in [2.45, 2.75) is 25.8 Å². The molecule has 156 valence electrons. The largest absolute Gasteiger partial charge is 0.490 e. The maximum absolute atomic E-state index is 12.5. The lowest BCUT2D eigenvalue weighted by molar-refractivity contribution is -0.116. The van der Waals surface area contributed by atoms with E-state index in [1.807, 2.05) is 53.2 Å². The van der Waals surface area contributed by atoms with Gasteiger partial charge >= 0.3 is 0 Å². The number of carbonyl (C=O) groups is 1. The Labute approximate surface area is 175 Å². The second-order valence-corrected chi connectivity index (χ2v) is 7.02. The summed E-state index contributed by atoms with van der Waals surface area (Å²) >= 11 is 0. The van der Waals surface area contributed by atoms with Crippen LogP contribution in [0.3, 0.4) is 0 Å². The summed E-state index contributed by atoms with van der Waals surface area (Å²) in [6, 6.07) is 13.3. The number of nitrogens with one attached hydrogen (secondary N) is 1. The van der Waals surface area contributed by atoms with Crippen LogP contribution in [0.5, 0.6) is 17.2 Å². The monoisotopic (exact) mass is 407 g/mol. The summed E-state index contributed by atoms with van der Waals surface area (Å²) in [6.07, 6.45) is 7.22. The lowest BCUT2D eigenvalue weighted by atomic mass is 10.1. The quantitative estimate of drug-likeness (QED) is 0.616. The molecule has 7 nitrogen and oxygen atoms in total. The average Bonchev–Trinajstić information content (AvgIpc) is 3.17. The Kier molecular flexibility index (Phi) is 6.49. The van der Waals surface area contributed by atoms with Gasteiger partial charge in [0.1, 0.15) is 12.4 Å². The Morgan fingerprint density at radius 2 is 2.00 bits per heavy atom. The van der Waals surface area contributed by atoms with Gasteiger partial charge in [0, 0.05) is 25.2 Å². The molecule has 0 aliphatic carbocycles. The number of anilines is 1. The van der Waals surface area contributed by atoms with Crippen LogP contribution >= 0.6 is 0 Å². The Hall–Kier alpha value is -3.48. The van der Waals surface area contributed by atoms with E-state index in [1.54, 1.807) is 12.5 Å². The predicted octanol–water partition coefficient (Wildman–Crippen LogP) is 3.69. The maximum Gasteiger partial charge on any atom is 0.224 e. The van der Waals surface area contributed by atoms with Crippen molar-refractivity contribution in [2.75, 3.05) is 25.1 Å². The summed E-state index contributed by atoms with van der Waals surface area (Å²) in [7, 11) is 0. The van der Waals surface area contributed by atoms with Crippen LogP contribution in [-0.4, -0.2) is 35.3 Å².